The smallest absolute Gasteiger partial charge is 0.233 e. The molecule has 0 unspecified atom stereocenters. The predicted molar refractivity (Wildman–Crippen MR) is 110 cm³/mol. The zero-order valence-electron chi connectivity index (χ0n) is 14.4. The van der Waals surface area contributed by atoms with Gasteiger partial charge in [-0.05, 0) is 24.5 Å². The average molecular weight is 411 g/mol. The highest BCUT2D eigenvalue weighted by Crippen LogP contribution is 2.21. The number of thioether (sulfide) groups is 1. The van der Waals surface area contributed by atoms with Crippen LogP contribution in [-0.4, -0.2) is 59.1 Å². The molecule has 0 bridgehead atoms. The maximum Gasteiger partial charge on any atom is 0.233 e. The minimum absolute atomic E-state index is 0.0488. The van der Waals surface area contributed by atoms with Crippen LogP contribution in [0.3, 0.4) is 0 Å². The van der Waals surface area contributed by atoms with Gasteiger partial charge < -0.3 is 9.80 Å². The number of likely N-dealkylation sites (tertiary alicyclic amines) is 1. The quantitative estimate of drug-likeness (QED) is 0.695. The molecule has 0 saturated carbocycles. The van der Waals surface area contributed by atoms with Gasteiger partial charge in [0.2, 0.25) is 5.91 Å². The van der Waals surface area contributed by atoms with Crippen molar-refractivity contribution in [2.45, 2.75) is 25.4 Å². The summed E-state index contributed by atoms with van der Waals surface area (Å²) in [7, 11) is -3.23. The van der Waals surface area contributed by atoms with Gasteiger partial charge in [-0.2, -0.15) is 0 Å². The van der Waals surface area contributed by atoms with Gasteiger partial charge in [0.1, 0.15) is 4.32 Å². The molecular formula is C18H22N2O3S3. The van der Waals surface area contributed by atoms with Gasteiger partial charge >= 0.3 is 0 Å². The van der Waals surface area contributed by atoms with Crippen LogP contribution in [0.5, 0.6) is 0 Å². The Morgan fingerprint density at radius 3 is 2.54 bits per heavy atom. The number of amides is 1. The third-order valence-electron chi connectivity index (χ3n) is 4.51. The number of carbonyl (C=O) groups is 1. The van der Waals surface area contributed by atoms with E-state index in [1.807, 2.05) is 30.3 Å². The van der Waals surface area contributed by atoms with Gasteiger partial charge in [0.25, 0.3) is 0 Å². The summed E-state index contributed by atoms with van der Waals surface area (Å²) in [6.07, 6.45) is 3.89. The van der Waals surface area contributed by atoms with Crippen molar-refractivity contribution in [3.63, 3.8) is 0 Å². The van der Waals surface area contributed by atoms with E-state index >= 15 is 0 Å². The Kier molecular flexibility index (Phi) is 6.37. The third-order valence-corrected chi connectivity index (χ3v) is 7.40. The second-order valence-electron chi connectivity index (χ2n) is 6.48. The van der Waals surface area contributed by atoms with E-state index in [0.717, 1.165) is 35.8 Å². The number of benzene rings is 1. The lowest BCUT2D eigenvalue weighted by Gasteiger charge is -2.28. The number of carbonyl (C=O) groups excluding carboxylic acids is 1. The molecule has 1 amide bonds. The number of hydrogen-bond acceptors (Lipinski definition) is 5. The second-order valence-corrected chi connectivity index (χ2v) is 10.0. The standard InChI is InChI=1S/C18H22N2O3S3/c21-17(13-25-18(24)19-9-4-5-10-19)20(12-15-6-2-1-3-7-15)16-8-11-26(22,23)14-16/h1-3,6-8,11,16H,4-5,9-10,12-14H2/t16-/m0/s1. The summed E-state index contributed by atoms with van der Waals surface area (Å²) in [6.45, 7) is 2.30. The van der Waals surface area contributed by atoms with Gasteiger partial charge in [-0.25, -0.2) is 8.42 Å². The molecule has 1 fully saturated rings. The van der Waals surface area contributed by atoms with Crippen molar-refractivity contribution in [1.82, 2.24) is 9.80 Å². The maximum atomic E-state index is 12.9. The Labute approximate surface area is 164 Å². The molecule has 1 atom stereocenters. The van der Waals surface area contributed by atoms with E-state index in [-0.39, 0.29) is 17.4 Å². The molecule has 3 rings (SSSR count). The molecule has 8 heteroatoms. The fraction of sp³-hybridized carbons (Fsp3) is 0.444. The van der Waals surface area contributed by atoms with Crippen LogP contribution in [0, 0.1) is 0 Å². The Bertz CT molecular complexity index is 787. The van der Waals surface area contributed by atoms with Gasteiger partial charge in [-0.3, -0.25) is 4.79 Å². The molecule has 140 valence electrons. The fourth-order valence-electron chi connectivity index (χ4n) is 3.12. The third kappa shape index (κ3) is 5.08. The molecule has 1 aromatic rings. The SMILES string of the molecule is O=C(CSC(=S)N1CCCC1)N(Cc1ccccc1)[C@H]1C=CS(=O)(=O)C1. The highest BCUT2D eigenvalue weighted by molar-refractivity contribution is 8.23. The van der Waals surface area contributed by atoms with E-state index in [1.54, 1.807) is 11.0 Å². The maximum absolute atomic E-state index is 12.9. The van der Waals surface area contributed by atoms with E-state index in [9.17, 15) is 13.2 Å². The lowest BCUT2D eigenvalue weighted by atomic mass is 10.2. The van der Waals surface area contributed by atoms with Crippen LogP contribution < -0.4 is 0 Å². The monoisotopic (exact) mass is 410 g/mol. The number of nitrogens with zero attached hydrogens (tertiary/aromatic N) is 2. The molecular weight excluding hydrogens is 388 g/mol. The Balaban J connectivity index is 1.67. The van der Waals surface area contributed by atoms with Crippen LogP contribution in [0.1, 0.15) is 18.4 Å². The topological polar surface area (TPSA) is 57.7 Å². The summed E-state index contributed by atoms with van der Waals surface area (Å²) in [6, 6.07) is 9.20. The van der Waals surface area contributed by atoms with Crippen molar-refractivity contribution in [2.24, 2.45) is 0 Å². The van der Waals surface area contributed by atoms with Crippen LogP contribution >= 0.6 is 24.0 Å². The van der Waals surface area contributed by atoms with E-state index in [4.69, 9.17) is 12.2 Å². The Morgan fingerprint density at radius 1 is 1.23 bits per heavy atom. The minimum atomic E-state index is -3.23. The van der Waals surface area contributed by atoms with Crippen LogP contribution in [0.25, 0.3) is 0 Å². The van der Waals surface area contributed by atoms with Crippen molar-refractivity contribution in [3.05, 3.63) is 47.4 Å². The zero-order chi connectivity index (χ0) is 18.6. The first-order valence-electron chi connectivity index (χ1n) is 8.61. The Morgan fingerprint density at radius 2 is 1.92 bits per heavy atom. The summed E-state index contributed by atoms with van der Waals surface area (Å²) < 4.78 is 24.4. The lowest BCUT2D eigenvalue weighted by molar-refractivity contribution is -0.130. The van der Waals surface area contributed by atoms with Crippen molar-refractivity contribution in [1.29, 1.82) is 0 Å². The van der Waals surface area contributed by atoms with Crippen molar-refractivity contribution < 1.29 is 13.2 Å². The van der Waals surface area contributed by atoms with Gasteiger partial charge in [0.15, 0.2) is 9.84 Å². The molecule has 0 aliphatic carbocycles. The van der Waals surface area contributed by atoms with Crippen LogP contribution in [0.2, 0.25) is 0 Å². The predicted octanol–water partition coefficient (Wildman–Crippen LogP) is 2.44. The normalized spacial score (nSPS) is 21.1. The molecule has 0 radical (unpaired) electrons. The molecule has 0 aromatic heterocycles. The molecule has 2 aliphatic rings. The van der Waals surface area contributed by atoms with Crippen LogP contribution in [0.15, 0.2) is 41.8 Å². The number of thiocarbonyl (C=S) groups is 1. The van der Waals surface area contributed by atoms with Crippen molar-refractivity contribution in [2.75, 3.05) is 24.6 Å². The molecule has 0 N–H and O–H groups in total. The molecule has 0 spiro atoms. The summed E-state index contributed by atoms with van der Waals surface area (Å²) in [5.41, 5.74) is 0.977. The first-order chi connectivity index (χ1) is 12.4. The summed E-state index contributed by atoms with van der Waals surface area (Å²) in [5.74, 6) is 0.0893. The zero-order valence-corrected chi connectivity index (χ0v) is 16.9. The molecule has 1 aromatic carbocycles. The number of hydrogen-bond donors (Lipinski definition) is 0. The molecule has 2 heterocycles. The van der Waals surface area contributed by atoms with E-state index in [2.05, 4.69) is 4.90 Å². The summed E-state index contributed by atoms with van der Waals surface area (Å²) in [4.78, 5) is 16.6. The van der Waals surface area contributed by atoms with Crippen molar-refractivity contribution in [3.8, 4) is 0 Å². The first kappa shape index (κ1) is 19.4. The summed E-state index contributed by atoms with van der Waals surface area (Å²) in [5, 5.41) is 1.21. The fourth-order valence-corrected chi connectivity index (χ4v) is 5.56. The largest absolute Gasteiger partial charge is 0.358 e. The first-order valence-corrected chi connectivity index (χ1v) is 11.7. The average Bonchev–Trinajstić information content (AvgIpc) is 3.28. The highest BCUT2D eigenvalue weighted by Gasteiger charge is 2.30. The highest BCUT2D eigenvalue weighted by atomic mass is 32.2. The summed E-state index contributed by atoms with van der Waals surface area (Å²) >= 11 is 6.80. The van der Waals surface area contributed by atoms with Gasteiger partial charge in [-0.15, -0.1) is 0 Å². The Hall–Kier alpha value is -1.38. The molecule has 26 heavy (non-hydrogen) atoms. The molecule has 2 aliphatic heterocycles. The van der Waals surface area contributed by atoms with Gasteiger partial charge in [0, 0.05) is 25.0 Å². The second kappa shape index (κ2) is 8.54. The van der Waals surface area contributed by atoms with Crippen LogP contribution in [0.4, 0.5) is 0 Å². The molecule has 5 nitrogen and oxygen atoms in total. The molecule has 1 saturated heterocycles. The lowest BCUT2D eigenvalue weighted by Crippen LogP contribution is -2.41. The van der Waals surface area contributed by atoms with E-state index in [1.165, 1.54) is 17.2 Å². The minimum Gasteiger partial charge on any atom is -0.358 e. The van der Waals surface area contributed by atoms with Gasteiger partial charge in [-0.1, -0.05) is 54.3 Å². The number of rotatable bonds is 5. The van der Waals surface area contributed by atoms with Crippen molar-refractivity contribution >= 4 is 44.0 Å². The number of sulfone groups is 1. The van der Waals surface area contributed by atoms with E-state index < -0.39 is 15.9 Å². The van der Waals surface area contributed by atoms with Gasteiger partial charge in [0.05, 0.1) is 17.5 Å². The van der Waals surface area contributed by atoms with E-state index in [0.29, 0.717) is 6.54 Å². The van der Waals surface area contributed by atoms with Crippen LogP contribution in [-0.2, 0) is 21.2 Å².